The smallest absolute Gasteiger partial charge is 0.305 e. The summed E-state index contributed by atoms with van der Waals surface area (Å²) in [6, 6.07) is 0. The van der Waals surface area contributed by atoms with Gasteiger partial charge in [-0.1, -0.05) is 18.3 Å². The Balaban J connectivity index is 2.23. The van der Waals surface area contributed by atoms with Crippen LogP contribution in [0.1, 0.15) is 19.0 Å². The van der Waals surface area contributed by atoms with Crippen molar-refractivity contribution in [2.45, 2.75) is 24.5 Å². The first-order valence-electron chi connectivity index (χ1n) is 5.48. The molecule has 96 valence electrons. The molecule has 17 heavy (non-hydrogen) atoms. The van der Waals surface area contributed by atoms with E-state index in [-0.39, 0.29) is 9.08 Å². The molecule has 2 atom stereocenters. The lowest BCUT2D eigenvalue weighted by atomic mass is 10.3. The van der Waals surface area contributed by atoms with Crippen LogP contribution in [-0.4, -0.2) is 31.3 Å². The first kappa shape index (κ1) is 12.8. The summed E-state index contributed by atoms with van der Waals surface area (Å²) in [5, 5.41) is 0. The summed E-state index contributed by atoms with van der Waals surface area (Å²) in [7, 11) is -1.93. The molecule has 2 unspecified atom stereocenters. The van der Waals surface area contributed by atoms with Crippen molar-refractivity contribution in [3.05, 3.63) is 15.4 Å². The molecule has 1 N–H and O–H groups in total. The normalized spacial score (nSPS) is 24.2. The lowest BCUT2D eigenvalue weighted by Crippen LogP contribution is -2.29. The molecule has 0 radical (unpaired) electrons. The zero-order valence-corrected chi connectivity index (χ0v) is 11.7. The lowest BCUT2D eigenvalue weighted by Gasteiger charge is -2.15. The van der Waals surface area contributed by atoms with Crippen LogP contribution < -0.4 is 4.87 Å². The molecule has 1 fully saturated rings. The number of rotatable bonds is 4. The van der Waals surface area contributed by atoms with Crippen LogP contribution in [0.3, 0.4) is 0 Å². The van der Waals surface area contributed by atoms with Crippen molar-refractivity contribution in [1.29, 1.82) is 0 Å². The van der Waals surface area contributed by atoms with Crippen LogP contribution in [0.2, 0.25) is 0 Å². The number of thiazole rings is 1. The minimum Gasteiger partial charge on any atom is -0.315 e. The zero-order chi connectivity index (χ0) is 12.8. The van der Waals surface area contributed by atoms with E-state index in [1.165, 1.54) is 4.31 Å². The molecule has 0 amide bonds. The third-order valence-electron chi connectivity index (χ3n) is 3.19. The van der Waals surface area contributed by atoms with Gasteiger partial charge in [-0.3, -0.25) is 4.79 Å². The molecule has 0 aliphatic heterocycles. The molecule has 0 spiro atoms. The van der Waals surface area contributed by atoms with Crippen LogP contribution in [0.25, 0.3) is 0 Å². The average molecular weight is 276 g/mol. The predicted octanol–water partition coefficient (Wildman–Crippen LogP) is 1.02. The molecule has 0 bridgehead atoms. The van der Waals surface area contributed by atoms with Gasteiger partial charge in [0.25, 0.3) is 10.0 Å². The van der Waals surface area contributed by atoms with Gasteiger partial charge in [0.1, 0.15) is 0 Å². The fourth-order valence-electron chi connectivity index (χ4n) is 1.86. The van der Waals surface area contributed by atoms with Crippen LogP contribution in [-0.2, 0) is 10.0 Å². The van der Waals surface area contributed by atoms with Gasteiger partial charge in [-0.05, 0) is 25.2 Å². The first-order chi connectivity index (χ1) is 7.82. The SMILES string of the molecule is Cc1[nH]c(=O)sc1S(=O)(=O)N(C)CC1CC1C. The van der Waals surface area contributed by atoms with Crippen molar-refractivity contribution >= 4 is 21.4 Å². The zero-order valence-electron chi connectivity index (χ0n) is 10.1. The highest BCUT2D eigenvalue weighted by Gasteiger charge is 2.37. The first-order valence-corrected chi connectivity index (χ1v) is 7.74. The van der Waals surface area contributed by atoms with Crippen molar-refractivity contribution in [2.24, 2.45) is 11.8 Å². The highest BCUT2D eigenvalue weighted by Crippen LogP contribution is 2.38. The Morgan fingerprint density at radius 1 is 1.53 bits per heavy atom. The number of nitrogens with zero attached hydrogens (tertiary/aromatic N) is 1. The van der Waals surface area contributed by atoms with Crippen LogP contribution in [0, 0.1) is 18.8 Å². The average Bonchev–Trinajstić information content (AvgIpc) is 2.77. The van der Waals surface area contributed by atoms with Gasteiger partial charge in [0.2, 0.25) is 0 Å². The van der Waals surface area contributed by atoms with Crippen molar-refractivity contribution in [2.75, 3.05) is 13.6 Å². The number of hydrogen-bond acceptors (Lipinski definition) is 4. The second-order valence-electron chi connectivity index (χ2n) is 4.69. The molecule has 5 nitrogen and oxygen atoms in total. The lowest BCUT2D eigenvalue weighted by molar-refractivity contribution is 0.445. The molecule has 7 heteroatoms. The number of sulfonamides is 1. The number of hydrogen-bond donors (Lipinski definition) is 1. The minimum absolute atomic E-state index is 0.137. The third kappa shape index (κ3) is 2.46. The number of aromatic amines is 1. The van der Waals surface area contributed by atoms with Gasteiger partial charge >= 0.3 is 4.87 Å². The van der Waals surface area contributed by atoms with Crippen molar-refractivity contribution in [1.82, 2.24) is 9.29 Å². The molecule has 1 aliphatic rings. The second kappa shape index (κ2) is 4.22. The molecule has 1 aliphatic carbocycles. The van der Waals surface area contributed by atoms with Crippen molar-refractivity contribution < 1.29 is 8.42 Å². The van der Waals surface area contributed by atoms with E-state index in [1.54, 1.807) is 14.0 Å². The van der Waals surface area contributed by atoms with E-state index in [0.717, 1.165) is 17.8 Å². The van der Waals surface area contributed by atoms with Gasteiger partial charge < -0.3 is 4.98 Å². The van der Waals surface area contributed by atoms with E-state index in [2.05, 4.69) is 11.9 Å². The number of aryl methyl sites for hydroxylation is 1. The van der Waals surface area contributed by atoms with Crippen LogP contribution in [0.5, 0.6) is 0 Å². The molecule has 1 saturated carbocycles. The summed E-state index contributed by atoms with van der Waals surface area (Å²) in [5.41, 5.74) is 0.427. The quantitative estimate of drug-likeness (QED) is 0.892. The number of nitrogens with one attached hydrogen (secondary N) is 1. The molecule has 0 saturated heterocycles. The van der Waals surface area contributed by atoms with E-state index in [0.29, 0.717) is 24.1 Å². The Morgan fingerprint density at radius 2 is 2.12 bits per heavy atom. The third-order valence-corrected chi connectivity index (χ3v) is 6.60. The fraction of sp³-hybridized carbons (Fsp3) is 0.700. The predicted molar refractivity (Wildman–Crippen MR) is 66.8 cm³/mol. The molecule has 1 aromatic heterocycles. The van der Waals surface area contributed by atoms with E-state index in [4.69, 9.17) is 0 Å². The molecular formula is C10H16N2O3S2. The summed E-state index contributed by atoms with van der Waals surface area (Å²) >= 11 is 0.757. The maximum Gasteiger partial charge on any atom is 0.305 e. The van der Waals surface area contributed by atoms with Gasteiger partial charge in [0.15, 0.2) is 4.21 Å². The molecule has 1 heterocycles. The molecule has 1 aromatic rings. The van der Waals surface area contributed by atoms with Gasteiger partial charge in [-0.15, -0.1) is 0 Å². The Bertz CT molecular complexity index is 573. The highest BCUT2D eigenvalue weighted by atomic mass is 32.2. The molecular weight excluding hydrogens is 260 g/mol. The summed E-state index contributed by atoms with van der Waals surface area (Å²) in [6.45, 7) is 4.26. The van der Waals surface area contributed by atoms with Gasteiger partial charge in [-0.2, -0.15) is 4.31 Å². The molecule has 2 rings (SSSR count). The summed E-state index contributed by atoms with van der Waals surface area (Å²) in [4.78, 5) is 13.3. The van der Waals surface area contributed by atoms with E-state index < -0.39 is 10.0 Å². The van der Waals surface area contributed by atoms with E-state index >= 15 is 0 Å². The standard InChI is InChI=1S/C10H16N2O3S2/c1-6-4-8(6)5-12(3)17(14,15)9-7(2)11-10(13)16-9/h6,8H,4-5H2,1-3H3,(H,11,13). The van der Waals surface area contributed by atoms with Gasteiger partial charge in [-0.25, -0.2) is 8.42 Å². The second-order valence-corrected chi connectivity index (χ2v) is 7.91. The number of H-pyrrole nitrogens is 1. The van der Waals surface area contributed by atoms with Gasteiger partial charge in [0, 0.05) is 19.3 Å². The Kier molecular flexibility index (Phi) is 3.17. The van der Waals surface area contributed by atoms with Crippen LogP contribution in [0.4, 0.5) is 0 Å². The van der Waals surface area contributed by atoms with Crippen molar-refractivity contribution in [3.8, 4) is 0 Å². The largest absolute Gasteiger partial charge is 0.315 e. The Morgan fingerprint density at radius 3 is 2.53 bits per heavy atom. The maximum absolute atomic E-state index is 12.2. The summed E-state index contributed by atoms with van der Waals surface area (Å²) in [6.07, 6.45) is 1.09. The van der Waals surface area contributed by atoms with Crippen LogP contribution in [0.15, 0.2) is 9.00 Å². The monoisotopic (exact) mass is 276 g/mol. The number of aromatic nitrogens is 1. The summed E-state index contributed by atoms with van der Waals surface area (Å²) in [5.74, 6) is 1.07. The van der Waals surface area contributed by atoms with Crippen molar-refractivity contribution in [3.63, 3.8) is 0 Å². The van der Waals surface area contributed by atoms with E-state index in [1.807, 2.05) is 0 Å². The molecule has 0 aromatic carbocycles. The minimum atomic E-state index is -3.51. The van der Waals surface area contributed by atoms with E-state index in [9.17, 15) is 13.2 Å². The topological polar surface area (TPSA) is 70.2 Å². The highest BCUT2D eigenvalue weighted by molar-refractivity contribution is 7.91. The summed E-state index contributed by atoms with van der Waals surface area (Å²) < 4.78 is 25.9. The Labute approximate surface area is 105 Å². The van der Waals surface area contributed by atoms with Gasteiger partial charge in [0.05, 0.1) is 0 Å². The maximum atomic E-state index is 12.2. The van der Waals surface area contributed by atoms with Crippen LogP contribution >= 0.6 is 11.3 Å². The Hall–Kier alpha value is -0.660. The fourth-order valence-corrected chi connectivity index (χ4v) is 4.58.